The summed E-state index contributed by atoms with van der Waals surface area (Å²) >= 11 is 3.22. The third-order valence-electron chi connectivity index (χ3n) is 6.18. The third kappa shape index (κ3) is 5.27. The average molecular weight is 584 g/mol. The standard InChI is InChI=1S/C21H25BrF3N3O6S/c1-3-34-19(30)28(35(31,32)21(23,24)25)16-7-6-15(22)12-14(16)13-27-11-10-20(8-4-5-9-20)17(18(27)29)26-33-2/h6-7,12H,3-5,8-11,13H2,1-2H3/b26-17-. The van der Waals surface area contributed by atoms with Crippen LogP contribution in [0.5, 0.6) is 0 Å². The molecule has 3 rings (SSSR count). The number of sulfonamides is 1. The highest BCUT2D eigenvalue weighted by molar-refractivity contribution is 9.10. The molecule has 1 aliphatic heterocycles. The lowest BCUT2D eigenvalue weighted by atomic mass is 9.75. The molecule has 194 valence electrons. The first-order valence-corrected chi connectivity index (χ1v) is 13.1. The normalized spacial score (nSPS) is 19.3. The first-order chi connectivity index (χ1) is 16.4. The maximum atomic E-state index is 13.5. The van der Waals surface area contributed by atoms with Crippen LogP contribution in [-0.2, 0) is 30.9 Å². The fraction of sp³-hybridized carbons (Fsp3) is 0.571. The number of nitrogens with zero attached hydrogens (tertiary/aromatic N) is 3. The summed E-state index contributed by atoms with van der Waals surface area (Å²) in [6, 6.07) is 3.70. The van der Waals surface area contributed by atoms with Crippen LogP contribution >= 0.6 is 15.9 Å². The van der Waals surface area contributed by atoms with Gasteiger partial charge in [-0.05, 0) is 49.9 Å². The van der Waals surface area contributed by atoms with Gasteiger partial charge in [-0.2, -0.15) is 25.9 Å². The van der Waals surface area contributed by atoms with Crippen LogP contribution in [0.3, 0.4) is 0 Å². The van der Waals surface area contributed by atoms with Crippen LogP contribution in [-0.4, -0.2) is 56.8 Å². The zero-order valence-electron chi connectivity index (χ0n) is 19.1. The van der Waals surface area contributed by atoms with Crippen LogP contribution in [0.4, 0.5) is 23.7 Å². The van der Waals surface area contributed by atoms with Gasteiger partial charge in [0.1, 0.15) is 7.11 Å². The molecule has 0 atom stereocenters. The molecule has 1 saturated heterocycles. The molecular formula is C21H25BrF3N3O6S. The number of piperidine rings is 1. The number of halogens is 4. The Bertz CT molecular complexity index is 1120. The van der Waals surface area contributed by atoms with E-state index < -0.39 is 42.9 Å². The molecule has 2 fully saturated rings. The second-order valence-electron chi connectivity index (χ2n) is 8.27. The molecule has 0 unspecified atom stereocenters. The molecule has 1 saturated carbocycles. The second-order valence-corrected chi connectivity index (χ2v) is 11.0. The van der Waals surface area contributed by atoms with Crippen molar-refractivity contribution in [2.75, 3.05) is 24.6 Å². The molecule has 0 bridgehead atoms. The highest BCUT2D eigenvalue weighted by Crippen LogP contribution is 2.45. The van der Waals surface area contributed by atoms with Crippen molar-refractivity contribution in [2.24, 2.45) is 10.6 Å². The van der Waals surface area contributed by atoms with Crippen LogP contribution in [0.2, 0.25) is 0 Å². The summed E-state index contributed by atoms with van der Waals surface area (Å²) in [7, 11) is -4.82. The maximum Gasteiger partial charge on any atom is 0.517 e. The summed E-state index contributed by atoms with van der Waals surface area (Å²) in [4.78, 5) is 32.0. The lowest BCUT2D eigenvalue weighted by Gasteiger charge is -2.39. The van der Waals surface area contributed by atoms with Crippen molar-refractivity contribution in [2.45, 2.75) is 51.1 Å². The smallest absolute Gasteiger partial charge is 0.449 e. The Labute approximate surface area is 209 Å². The molecular weight excluding hydrogens is 559 g/mol. The van der Waals surface area contributed by atoms with Crippen molar-refractivity contribution in [1.29, 1.82) is 0 Å². The van der Waals surface area contributed by atoms with Crippen molar-refractivity contribution in [3.63, 3.8) is 0 Å². The van der Waals surface area contributed by atoms with Gasteiger partial charge in [-0.25, -0.2) is 4.79 Å². The molecule has 0 aromatic heterocycles. The Hall–Kier alpha value is -2.35. The average Bonchev–Trinajstić information content (AvgIpc) is 3.23. The van der Waals surface area contributed by atoms with E-state index >= 15 is 0 Å². The number of hydrogen-bond donors (Lipinski definition) is 0. The Balaban J connectivity index is 2.04. The van der Waals surface area contributed by atoms with Gasteiger partial charge >= 0.3 is 21.6 Å². The van der Waals surface area contributed by atoms with Gasteiger partial charge in [-0.1, -0.05) is 33.9 Å². The van der Waals surface area contributed by atoms with E-state index in [9.17, 15) is 31.2 Å². The van der Waals surface area contributed by atoms with Gasteiger partial charge in [-0.3, -0.25) is 4.79 Å². The number of carbonyl (C=O) groups excluding carboxylic acids is 2. The predicted molar refractivity (Wildman–Crippen MR) is 124 cm³/mol. The molecule has 14 heteroatoms. The minimum Gasteiger partial charge on any atom is -0.449 e. The van der Waals surface area contributed by atoms with Crippen LogP contribution in [0.15, 0.2) is 27.8 Å². The Morgan fingerprint density at radius 1 is 1.26 bits per heavy atom. The quantitative estimate of drug-likeness (QED) is 0.455. The topological polar surface area (TPSA) is 106 Å². The number of carbonyl (C=O) groups is 2. The highest BCUT2D eigenvalue weighted by Gasteiger charge is 2.54. The number of alkyl halides is 3. The van der Waals surface area contributed by atoms with Gasteiger partial charge in [0, 0.05) is 23.0 Å². The van der Waals surface area contributed by atoms with E-state index in [0.29, 0.717) is 10.9 Å². The Kier molecular flexibility index (Phi) is 8.04. The largest absolute Gasteiger partial charge is 0.517 e. The monoisotopic (exact) mass is 583 g/mol. The Morgan fingerprint density at radius 3 is 2.49 bits per heavy atom. The van der Waals surface area contributed by atoms with E-state index in [0.717, 1.165) is 31.7 Å². The summed E-state index contributed by atoms with van der Waals surface area (Å²) in [5.74, 6) is -0.452. The molecule has 9 nitrogen and oxygen atoms in total. The van der Waals surface area contributed by atoms with Gasteiger partial charge in [0.15, 0.2) is 5.71 Å². The van der Waals surface area contributed by atoms with Gasteiger partial charge in [0.25, 0.3) is 5.91 Å². The number of ether oxygens (including phenoxy) is 1. The molecule has 2 aliphatic rings. The summed E-state index contributed by atoms with van der Waals surface area (Å²) in [5, 5.41) is 3.98. The van der Waals surface area contributed by atoms with Crippen LogP contribution in [0, 0.1) is 5.41 Å². The van der Waals surface area contributed by atoms with Gasteiger partial charge < -0.3 is 14.5 Å². The van der Waals surface area contributed by atoms with Gasteiger partial charge in [0.05, 0.1) is 12.3 Å². The van der Waals surface area contributed by atoms with Crippen molar-refractivity contribution in [3.8, 4) is 0 Å². The number of oxime groups is 1. The van der Waals surface area contributed by atoms with E-state index in [4.69, 9.17) is 4.84 Å². The molecule has 1 aliphatic carbocycles. The lowest BCUT2D eigenvalue weighted by molar-refractivity contribution is -0.127. The van der Waals surface area contributed by atoms with Gasteiger partial charge in [-0.15, -0.1) is 0 Å². The van der Waals surface area contributed by atoms with Crippen molar-refractivity contribution in [3.05, 3.63) is 28.2 Å². The molecule has 1 heterocycles. The number of anilines is 1. The molecule has 2 amide bonds. The van der Waals surface area contributed by atoms with Crippen molar-refractivity contribution < 1.29 is 40.8 Å². The lowest BCUT2D eigenvalue weighted by Crippen LogP contribution is -2.51. The summed E-state index contributed by atoms with van der Waals surface area (Å²) in [5.41, 5.74) is -6.51. The highest BCUT2D eigenvalue weighted by atomic mass is 79.9. The number of likely N-dealkylation sites (tertiary alicyclic amines) is 1. The zero-order chi connectivity index (χ0) is 26.0. The number of amides is 2. The summed E-state index contributed by atoms with van der Waals surface area (Å²) < 4.78 is 69.7. The predicted octanol–water partition coefficient (Wildman–Crippen LogP) is 4.56. The number of rotatable bonds is 6. The van der Waals surface area contributed by atoms with Crippen LogP contribution in [0.1, 0.15) is 44.6 Å². The number of benzene rings is 1. The Morgan fingerprint density at radius 2 is 1.91 bits per heavy atom. The fourth-order valence-electron chi connectivity index (χ4n) is 4.56. The van der Waals surface area contributed by atoms with E-state index in [1.54, 1.807) is 0 Å². The van der Waals surface area contributed by atoms with Crippen molar-refractivity contribution in [1.82, 2.24) is 4.90 Å². The molecule has 1 aromatic rings. The van der Waals surface area contributed by atoms with E-state index in [1.165, 1.54) is 31.1 Å². The summed E-state index contributed by atoms with van der Waals surface area (Å²) in [6.45, 7) is 0.994. The first kappa shape index (κ1) is 27.2. The number of hydrogen-bond acceptors (Lipinski definition) is 7. The molecule has 1 aromatic carbocycles. The van der Waals surface area contributed by atoms with Gasteiger partial charge in [0.2, 0.25) is 0 Å². The molecule has 0 radical (unpaired) electrons. The van der Waals surface area contributed by atoms with E-state index in [1.807, 2.05) is 0 Å². The maximum absolute atomic E-state index is 13.5. The van der Waals surface area contributed by atoms with E-state index in [2.05, 4.69) is 25.8 Å². The molecule has 1 spiro atoms. The molecule has 0 N–H and O–H groups in total. The zero-order valence-corrected chi connectivity index (χ0v) is 21.5. The molecule has 35 heavy (non-hydrogen) atoms. The summed E-state index contributed by atoms with van der Waals surface area (Å²) in [6.07, 6.45) is 2.30. The third-order valence-corrected chi connectivity index (χ3v) is 8.09. The SMILES string of the molecule is CCOC(=O)N(c1ccc(Br)cc1CN1CCC2(CCCC2)/C(=N\OC)C1=O)S(=O)(=O)C(F)(F)F. The van der Waals surface area contributed by atoms with Crippen LogP contribution < -0.4 is 4.31 Å². The van der Waals surface area contributed by atoms with Crippen LogP contribution in [0.25, 0.3) is 0 Å². The second kappa shape index (κ2) is 10.3. The van der Waals surface area contributed by atoms with E-state index in [-0.39, 0.29) is 31.0 Å². The minimum absolute atomic E-state index is 0.00672. The van der Waals surface area contributed by atoms with Crippen molar-refractivity contribution >= 4 is 49.4 Å². The fourth-order valence-corrected chi connectivity index (χ4v) is 5.86. The minimum atomic E-state index is -6.14. The first-order valence-electron chi connectivity index (χ1n) is 10.9.